The standard InChI is InChI=1S/C9H19N/c1-4-8(3,5-2)9(10)6-7-9/h4-7,10H2,1-3H3. The Morgan fingerprint density at radius 1 is 1.30 bits per heavy atom. The van der Waals surface area contributed by atoms with Gasteiger partial charge >= 0.3 is 0 Å². The zero-order valence-electron chi connectivity index (χ0n) is 7.41. The average molecular weight is 141 g/mol. The second-order valence-electron chi connectivity index (χ2n) is 3.92. The molecule has 0 aliphatic heterocycles. The van der Waals surface area contributed by atoms with Gasteiger partial charge in [-0.2, -0.15) is 0 Å². The highest BCUT2D eigenvalue weighted by Crippen LogP contribution is 2.51. The van der Waals surface area contributed by atoms with E-state index >= 15 is 0 Å². The van der Waals surface area contributed by atoms with Crippen molar-refractivity contribution < 1.29 is 0 Å². The van der Waals surface area contributed by atoms with Crippen molar-refractivity contribution in [3.63, 3.8) is 0 Å². The van der Waals surface area contributed by atoms with Crippen LogP contribution in [0.5, 0.6) is 0 Å². The van der Waals surface area contributed by atoms with Gasteiger partial charge in [0, 0.05) is 5.54 Å². The number of hydrogen-bond acceptors (Lipinski definition) is 1. The fraction of sp³-hybridized carbons (Fsp3) is 1.00. The van der Waals surface area contributed by atoms with E-state index in [0.717, 1.165) is 0 Å². The van der Waals surface area contributed by atoms with Crippen LogP contribution >= 0.6 is 0 Å². The van der Waals surface area contributed by atoms with Crippen LogP contribution in [0.3, 0.4) is 0 Å². The van der Waals surface area contributed by atoms with Gasteiger partial charge in [0.15, 0.2) is 0 Å². The summed E-state index contributed by atoms with van der Waals surface area (Å²) in [6.07, 6.45) is 4.93. The van der Waals surface area contributed by atoms with Crippen molar-refractivity contribution in [2.75, 3.05) is 0 Å². The minimum absolute atomic E-state index is 0.205. The van der Waals surface area contributed by atoms with E-state index in [1.807, 2.05) is 0 Å². The molecule has 60 valence electrons. The van der Waals surface area contributed by atoms with Gasteiger partial charge in [0.05, 0.1) is 0 Å². The van der Waals surface area contributed by atoms with Crippen LogP contribution < -0.4 is 5.73 Å². The molecule has 0 heterocycles. The van der Waals surface area contributed by atoms with Crippen molar-refractivity contribution >= 4 is 0 Å². The van der Waals surface area contributed by atoms with Crippen LogP contribution in [-0.4, -0.2) is 5.54 Å². The first-order chi connectivity index (χ1) is 4.58. The predicted molar refractivity (Wildman–Crippen MR) is 44.8 cm³/mol. The number of hydrogen-bond donors (Lipinski definition) is 1. The monoisotopic (exact) mass is 141 g/mol. The van der Waals surface area contributed by atoms with E-state index in [-0.39, 0.29) is 5.54 Å². The molecular formula is C9H19N. The minimum Gasteiger partial charge on any atom is -0.325 e. The second kappa shape index (κ2) is 2.23. The molecule has 0 amide bonds. The summed E-state index contributed by atoms with van der Waals surface area (Å²) in [5, 5.41) is 0. The van der Waals surface area contributed by atoms with Gasteiger partial charge < -0.3 is 5.73 Å². The van der Waals surface area contributed by atoms with Gasteiger partial charge in [0.1, 0.15) is 0 Å². The third-order valence-corrected chi connectivity index (χ3v) is 3.55. The smallest absolute Gasteiger partial charge is 0.0209 e. The highest BCUT2D eigenvalue weighted by atomic mass is 14.9. The first-order valence-corrected chi connectivity index (χ1v) is 4.37. The van der Waals surface area contributed by atoms with Gasteiger partial charge in [-0.1, -0.05) is 20.8 Å². The van der Waals surface area contributed by atoms with Gasteiger partial charge in [-0.05, 0) is 31.1 Å². The Bertz CT molecular complexity index is 121. The molecule has 0 unspecified atom stereocenters. The molecule has 0 radical (unpaired) electrons. The fourth-order valence-corrected chi connectivity index (χ4v) is 1.69. The molecule has 1 nitrogen and oxygen atoms in total. The largest absolute Gasteiger partial charge is 0.325 e. The lowest BCUT2D eigenvalue weighted by atomic mass is 9.76. The van der Waals surface area contributed by atoms with Crippen molar-refractivity contribution in [3.8, 4) is 0 Å². The third-order valence-electron chi connectivity index (χ3n) is 3.55. The van der Waals surface area contributed by atoms with Crippen LogP contribution in [0.4, 0.5) is 0 Å². The molecule has 0 saturated heterocycles. The summed E-state index contributed by atoms with van der Waals surface area (Å²) in [6.45, 7) is 6.81. The molecule has 10 heavy (non-hydrogen) atoms. The molecule has 1 aliphatic carbocycles. The van der Waals surface area contributed by atoms with Crippen LogP contribution in [0.15, 0.2) is 0 Å². The molecule has 0 aromatic rings. The van der Waals surface area contributed by atoms with Gasteiger partial charge in [0.25, 0.3) is 0 Å². The summed E-state index contributed by atoms with van der Waals surface area (Å²) in [4.78, 5) is 0. The lowest BCUT2D eigenvalue weighted by Gasteiger charge is -2.33. The maximum absolute atomic E-state index is 6.15. The summed E-state index contributed by atoms with van der Waals surface area (Å²) in [5.74, 6) is 0. The van der Waals surface area contributed by atoms with Gasteiger partial charge in [0.2, 0.25) is 0 Å². The lowest BCUT2D eigenvalue weighted by Crippen LogP contribution is -2.41. The zero-order chi connectivity index (χ0) is 7.83. The SMILES string of the molecule is CCC(C)(CC)C1(N)CC1. The lowest BCUT2D eigenvalue weighted by molar-refractivity contribution is 0.215. The Labute approximate surface area is 64.0 Å². The summed E-state index contributed by atoms with van der Waals surface area (Å²) < 4.78 is 0. The van der Waals surface area contributed by atoms with E-state index in [1.54, 1.807) is 0 Å². The van der Waals surface area contributed by atoms with Crippen molar-refractivity contribution in [1.29, 1.82) is 0 Å². The topological polar surface area (TPSA) is 26.0 Å². The third kappa shape index (κ3) is 0.968. The van der Waals surface area contributed by atoms with Gasteiger partial charge in [-0.3, -0.25) is 0 Å². The van der Waals surface area contributed by atoms with Crippen molar-refractivity contribution in [2.24, 2.45) is 11.1 Å². The Kier molecular flexibility index (Phi) is 1.80. The van der Waals surface area contributed by atoms with E-state index < -0.39 is 0 Å². The molecule has 1 rings (SSSR count). The summed E-state index contributed by atoms with van der Waals surface area (Å²) in [5.41, 5.74) is 6.76. The molecule has 1 aliphatic rings. The average Bonchev–Trinajstić information content (AvgIpc) is 2.68. The predicted octanol–water partition coefficient (Wildman–Crippen LogP) is 2.30. The van der Waals surface area contributed by atoms with Gasteiger partial charge in [-0.15, -0.1) is 0 Å². The Morgan fingerprint density at radius 2 is 1.70 bits per heavy atom. The van der Waals surface area contributed by atoms with Crippen LogP contribution in [0.25, 0.3) is 0 Å². The van der Waals surface area contributed by atoms with E-state index in [4.69, 9.17) is 5.73 Å². The molecule has 0 aromatic carbocycles. The Morgan fingerprint density at radius 3 is 1.80 bits per heavy atom. The molecule has 0 bridgehead atoms. The molecule has 1 saturated carbocycles. The highest BCUT2D eigenvalue weighted by Gasteiger charge is 2.51. The number of nitrogens with two attached hydrogens (primary N) is 1. The zero-order valence-corrected chi connectivity index (χ0v) is 7.41. The van der Waals surface area contributed by atoms with E-state index in [9.17, 15) is 0 Å². The van der Waals surface area contributed by atoms with Crippen LogP contribution in [0.2, 0.25) is 0 Å². The van der Waals surface area contributed by atoms with E-state index in [2.05, 4.69) is 20.8 Å². The van der Waals surface area contributed by atoms with Crippen LogP contribution in [0.1, 0.15) is 46.5 Å². The normalized spacial score (nSPS) is 22.8. The number of rotatable bonds is 3. The Hall–Kier alpha value is -0.0400. The molecular weight excluding hydrogens is 122 g/mol. The minimum atomic E-state index is 0.205. The fourth-order valence-electron chi connectivity index (χ4n) is 1.69. The first-order valence-electron chi connectivity index (χ1n) is 4.37. The van der Waals surface area contributed by atoms with Gasteiger partial charge in [-0.25, -0.2) is 0 Å². The first kappa shape index (κ1) is 8.06. The summed E-state index contributed by atoms with van der Waals surface area (Å²) in [6, 6.07) is 0. The maximum Gasteiger partial charge on any atom is 0.0209 e. The van der Waals surface area contributed by atoms with Crippen LogP contribution in [-0.2, 0) is 0 Å². The molecule has 2 N–H and O–H groups in total. The van der Waals surface area contributed by atoms with E-state index in [1.165, 1.54) is 25.7 Å². The summed E-state index contributed by atoms with van der Waals surface area (Å²) >= 11 is 0. The molecule has 1 heteroatoms. The molecule has 0 aromatic heterocycles. The van der Waals surface area contributed by atoms with Crippen LogP contribution in [0, 0.1) is 5.41 Å². The quantitative estimate of drug-likeness (QED) is 0.641. The van der Waals surface area contributed by atoms with Crippen molar-refractivity contribution in [2.45, 2.75) is 52.0 Å². The molecule has 0 atom stereocenters. The highest BCUT2D eigenvalue weighted by molar-refractivity contribution is 5.09. The molecule has 1 fully saturated rings. The summed E-state index contributed by atoms with van der Waals surface area (Å²) in [7, 11) is 0. The Balaban J connectivity index is 2.63. The molecule has 0 spiro atoms. The second-order valence-corrected chi connectivity index (χ2v) is 3.92. The van der Waals surface area contributed by atoms with Crippen molar-refractivity contribution in [3.05, 3.63) is 0 Å². The van der Waals surface area contributed by atoms with E-state index in [0.29, 0.717) is 5.41 Å². The maximum atomic E-state index is 6.15. The van der Waals surface area contributed by atoms with Crippen molar-refractivity contribution in [1.82, 2.24) is 0 Å².